The molecule has 2 aliphatic heterocycles. The fourth-order valence-electron chi connectivity index (χ4n) is 3.36. The second-order valence-electron chi connectivity index (χ2n) is 7.40. The molecule has 1 atom stereocenters. The molecule has 0 saturated carbocycles. The summed E-state index contributed by atoms with van der Waals surface area (Å²) in [5, 5.41) is 16.2. The van der Waals surface area contributed by atoms with Crippen LogP contribution in [0.4, 0.5) is 0 Å². The van der Waals surface area contributed by atoms with Crippen LogP contribution in [0.25, 0.3) is 0 Å². The molecule has 1 fully saturated rings. The topological polar surface area (TPSA) is 102 Å². The number of morpholine rings is 1. The molecule has 8 nitrogen and oxygen atoms in total. The van der Waals surface area contributed by atoms with E-state index in [0.29, 0.717) is 38.9 Å². The Labute approximate surface area is 195 Å². The largest absolute Gasteiger partial charge is 0.493 e. The standard InChI is InChI=1S/C19H22N2O4S.C4H9NO/c1-10(2)25-19(22)16-11(3)21-18(26)13(9-20)17(16)12-6-7-14(23-4)15(8-12)24-5;1-3-6-4-2-5-1/h6-8,10,17,21,26H,1-5H3;5H,1-4H2. The van der Waals surface area contributed by atoms with Crippen LogP contribution < -0.4 is 20.1 Å². The molecule has 2 aliphatic rings. The third-order valence-electron chi connectivity index (χ3n) is 4.81. The van der Waals surface area contributed by atoms with E-state index in [9.17, 15) is 10.1 Å². The van der Waals surface area contributed by atoms with Crippen LogP contribution in [0.5, 0.6) is 11.5 Å². The van der Waals surface area contributed by atoms with Crippen molar-refractivity contribution < 1.29 is 23.7 Å². The number of thiol groups is 1. The summed E-state index contributed by atoms with van der Waals surface area (Å²) in [6, 6.07) is 7.44. The van der Waals surface area contributed by atoms with E-state index in [1.807, 2.05) is 0 Å². The third-order valence-corrected chi connectivity index (χ3v) is 5.17. The van der Waals surface area contributed by atoms with Crippen molar-refractivity contribution in [3.8, 4) is 17.6 Å². The summed E-state index contributed by atoms with van der Waals surface area (Å²) in [6.07, 6.45) is -0.277. The first-order chi connectivity index (χ1) is 15.3. The third kappa shape index (κ3) is 6.42. The van der Waals surface area contributed by atoms with E-state index in [0.717, 1.165) is 26.3 Å². The minimum absolute atomic E-state index is 0.277. The fourth-order valence-corrected chi connectivity index (χ4v) is 3.70. The first kappa shape index (κ1) is 25.6. The predicted molar refractivity (Wildman–Crippen MR) is 125 cm³/mol. The van der Waals surface area contributed by atoms with Crippen molar-refractivity contribution in [2.45, 2.75) is 32.8 Å². The van der Waals surface area contributed by atoms with Gasteiger partial charge in [-0.3, -0.25) is 0 Å². The molecule has 0 spiro atoms. The Bertz CT molecular complexity index is 905. The first-order valence-electron chi connectivity index (χ1n) is 10.4. The van der Waals surface area contributed by atoms with Gasteiger partial charge in [0, 0.05) is 18.8 Å². The van der Waals surface area contributed by atoms with Crippen LogP contribution in [0.15, 0.2) is 40.1 Å². The molecule has 9 heteroatoms. The van der Waals surface area contributed by atoms with Crippen LogP contribution >= 0.6 is 12.6 Å². The van der Waals surface area contributed by atoms with Crippen LogP contribution in [0.1, 0.15) is 32.3 Å². The fraction of sp³-hybridized carbons (Fsp3) is 0.478. The van der Waals surface area contributed by atoms with Gasteiger partial charge in [0.1, 0.15) is 0 Å². The summed E-state index contributed by atoms with van der Waals surface area (Å²) in [7, 11) is 3.08. The minimum Gasteiger partial charge on any atom is -0.493 e. The molecule has 0 aliphatic carbocycles. The highest BCUT2D eigenvalue weighted by Gasteiger charge is 2.35. The van der Waals surface area contributed by atoms with Crippen LogP contribution in [0, 0.1) is 11.3 Å². The van der Waals surface area contributed by atoms with Crippen molar-refractivity contribution in [2.75, 3.05) is 40.5 Å². The lowest BCUT2D eigenvalue weighted by Gasteiger charge is -2.28. The van der Waals surface area contributed by atoms with Gasteiger partial charge >= 0.3 is 5.97 Å². The number of hydrogen-bond donors (Lipinski definition) is 3. The zero-order valence-corrected chi connectivity index (χ0v) is 20.0. The molecule has 0 aromatic heterocycles. The van der Waals surface area contributed by atoms with E-state index in [1.54, 1.807) is 46.1 Å². The molecule has 1 saturated heterocycles. The van der Waals surface area contributed by atoms with Crippen LogP contribution in [-0.2, 0) is 14.3 Å². The Morgan fingerprint density at radius 3 is 2.34 bits per heavy atom. The lowest BCUT2D eigenvalue weighted by molar-refractivity contribution is -0.143. The summed E-state index contributed by atoms with van der Waals surface area (Å²) in [4.78, 5) is 12.7. The van der Waals surface area contributed by atoms with E-state index in [2.05, 4.69) is 29.3 Å². The van der Waals surface area contributed by atoms with Crippen molar-refractivity contribution >= 4 is 18.6 Å². The number of benzene rings is 1. The number of allylic oxidation sites excluding steroid dienone is 2. The predicted octanol–water partition coefficient (Wildman–Crippen LogP) is 2.89. The Hall–Kier alpha value is -2.67. The van der Waals surface area contributed by atoms with Crippen molar-refractivity contribution in [3.05, 3.63) is 45.6 Å². The molecular weight excluding hydrogens is 430 g/mol. The van der Waals surface area contributed by atoms with Gasteiger partial charge in [-0.05, 0) is 38.5 Å². The molecule has 3 rings (SSSR count). The lowest BCUT2D eigenvalue weighted by atomic mass is 9.82. The van der Waals surface area contributed by atoms with E-state index in [1.165, 1.54) is 7.11 Å². The van der Waals surface area contributed by atoms with Gasteiger partial charge in [0.2, 0.25) is 0 Å². The molecular formula is C23H31N3O5S. The number of dihydropyridines is 1. The highest BCUT2D eigenvalue weighted by Crippen LogP contribution is 2.41. The van der Waals surface area contributed by atoms with Crippen LogP contribution in [0.3, 0.4) is 0 Å². The van der Waals surface area contributed by atoms with Crippen molar-refractivity contribution in [3.63, 3.8) is 0 Å². The molecule has 32 heavy (non-hydrogen) atoms. The number of rotatable bonds is 5. The normalized spacial score (nSPS) is 18.2. The maximum absolute atomic E-state index is 12.7. The molecule has 1 unspecified atom stereocenters. The van der Waals surface area contributed by atoms with Gasteiger partial charge in [-0.1, -0.05) is 6.07 Å². The summed E-state index contributed by atoms with van der Waals surface area (Å²) < 4.78 is 21.0. The van der Waals surface area contributed by atoms with Crippen LogP contribution in [-0.4, -0.2) is 52.6 Å². The number of methoxy groups -OCH3 is 2. The van der Waals surface area contributed by atoms with Crippen molar-refractivity contribution in [1.82, 2.24) is 10.6 Å². The maximum atomic E-state index is 12.7. The first-order valence-corrected chi connectivity index (χ1v) is 10.8. The smallest absolute Gasteiger partial charge is 0.337 e. The molecule has 1 aromatic carbocycles. The monoisotopic (exact) mass is 461 g/mol. The molecule has 0 amide bonds. The second-order valence-corrected chi connectivity index (χ2v) is 7.85. The summed E-state index contributed by atoms with van der Waals surface area (Å²) in [6.45, 7) is 9.15. The van der Waals surface area contributed by atoms with Crippen molar-refractivity contribution in [2.24, 2.45) is 0 Å². The van der Waals surface area contributed by atoms with Gasteiger partial charge < -0.3 is 29.6 Å². The van der Waals surface area contributed by atoms with E-state index in [4.69, 9.17) is 18.9 Å². The highest BCUT2D eigenvalue weighted by molar-refractivity contribution is 7.84. The van der Waals surface area contributed by atoms with Crippen LogP contribution in [0.2, 0.25) is 0 Å². The second kappa shape index (κ2) is 12.4. The Morgan fingerprint density at radius 1 is 1.22 bits per heavy atom. The zero-order chi connectivity index (χ0) is 23.7. The Balaban J connectivity index is 0.000000520. The van der Waals surface area contributed by atoms with E-state index in [-0.39, 0.29) is 6.10 Å². The molecule has 1 aromatic rings. The number of nitrogens with one attached hydrogen (secondary N) is 2. The molecule has 2 N–H and O–H groups in total. The lowest BCUT2D eigenvalue weighted by Crippen LogP contribution is -2.30. The number of esters is 1. The number of carbonyl (C=O) groups excluding carboxylic acids is 1. The van der Waals surface area contributed by atoms with Gasteiger partial charge in [-0.2, -0.15) is 5.26 Å². The molecule has 0 radical (unpaired) electrons. The highest BCUT2D eigenvalue weighted by atomic mass is 32.1. The number of nitriles is 1. The maximum Gasteiger partial charge on any atom is 0.337 e. The number of carbonyl (C=O) groups is 1. The van der Waals surface area contributed by atoms with Gasteiger partial charge in [-0.25, -0.2) is 4.79 Å². The summed E-state index contributed by atoms with van der Waals surface area (Å²) >= 11 is 4.38. The summed E-state index contributed by atoms with van der Waals surface area (Å²) in [5.41, 5.74) is 2.02. The van der Waals surface area contributed by atoms with Gasteiger partial charge in [0.15, 0.2) is 11.5 Å². The Kier molecular flexibility index (Phi) is 9.91. The SMILES string of the molecule is C1COCCN1.COc1ccc(C2C(C#N)=C(S)NC(C)=C2C(=O)OC(C)C)cc1OC. The number of ether oxygens (including phenoxy) is 4. The number of hydrogen-bond acceptors (Lipinski definition) is 9. The molecule has 174 valence electrons. The minimum atomic E-state index is -0.611. The Morgan fingerprint density at radius 2 is 1.88 bits per heavy atom. The van der Waals surface area contributed by atoms with Crippen molar-refractivity contribution in [1.29, 1.82) is 5.26 Å². The molecule has 2 heterocycles. The summed E-state index contributed by atoms with van der Waals surface area (Å²) in [5.74, 6) is -0.0141. The average molecular weight is 462 g/mol. The average Bonchev–Trinajstić information content (AvgIpc) is 2.79. The van der Waals surface area contributed by atoms with Gasteiger partial charge in [0.05, 0.1) is 61.7 Å². The zero-order valence-electron chi connectivity index (χ0n) is 19.2. The molecule has 0 bridgehead atoms. The quantitative estimate of drug-likeness (QED) is 0.455. The number of nitrogens with zero attached hydrogens (tertiary/aromatic N) is 1. The van der Waals surface area contributed by atoms with E-state index >= 15 is 0 Å². The van der Waals surface area contributed by atoms with Gasteiger partial charge in [-0.15, -0.1) is 12.6 Å². The van der Waals surface area contributed by atoms with E-state index < -0.39 is 11.9 Å². The van der Waals surface area contributed by atoms with Gasteiger partial charge in [0.25, 0.3) is 0 Å².